The lowest BCUT2D eigenvalue weighted by Crippen LogP contribution is -2.22. The van der Waals surface area contributed by atoms with Gasteiger partial charge in [-0.25, -0.2) is 4.39 Å². The molecule has 0 aromatic heterocycles. The molecule has 0 saturated carbocycles. The molecule has 0 aliphatic rings. The highest BCUT2D eigenvalue weighted by Crippen LogP contribution is 2.35. The molecule has 1 aromatic carbocycles. The molecule has 15 heavy (non-hydrogen) atoms. The third kappa shape index (κ3) is 2.47. The predicted molar refractivity (Wildman–Crippen MR) is 46.9 cm³/mol. The average Bonchev–Trinajstić information content (AvgIpc) is 1.99. The fourth-order valence-corrected chi connectivity index (χ4v) is 1.44. The van der Waals surface area contributed by atoms with Crippen molar-refractivity contribution in [3.63, 3.8) is 0 Å². The number of aryl methyl sites for hydroxylation is 2. The zero-order chi connectivity index (χ0) is 11.8. The molecule has 84 valence electrons. The fraction of sp³-hybridized carbons (Fsp3) is 0.400. The number of aliphatic hydroxyl groups excluding tert-OH is 1. The van der Waals surface area contributed by atoms with Gasteiger partial charge in [0.2, 0.25) is 0 Å². The smallest absolute Gasteiger partial charge is 0.379 e. The van der Waals surface area contributed by atoms with Gasteiger partial charge in [0.1, 0.15) is 5.82 Å². The third-order valence-corrected chi connectivity index (χ3v) is 2.06. The highest BCUT2D eigenvalue weighted by atomic mass is 19.4. The molecular weight excluding hydrogens is 212 g/mol. The Balaban J connectivity index is 3.26. The second kappa shape index (κ2) is 3.81. The minimum Gasteiger partial charge on any atom is -0.379 e. The van der Waals surface area contributed by atoms with Gasteiger partial charge in [-0.2, -0.15) is 13.2 Å². The van der Waals surface area contributed by atoms with Crippen LogP contribution in [0.15, 0.2) is 12.1 Å². The van der Waals surface area contributed by atoms with E-state index in [-0.39, 0.29) is 5.56 Å². The van der Waals surface area contributed by atoms with Crippen molar-refractivity contribution in [2.24, 2.45) is 0 Å². The summed E-state index contributed by atoms with van der Waals surface area (Å²) in [4.78, 5) is 0. The molecule has 1 rings (SSSR count). The average molecular weight is 222 g/mol. The molecule has 0 aliphatic carbocycles. The van der Waals surface area contributed by atoms with Crippen LogP contribution < -0.4 is 0 Å². The van der Waals surface area contributed by atoms with Gasteiger partial charge in [0.15, 0.2) is 6.10 Å². The van der Waals surface area contributed by atoms with Gasteiger partial charge in [0.05, 0.1) is 0 Å². The number of alkyl halides is 3. The molecule has 5 heteroatoms. The summed E-state index contributed by atoms with van der Waals surface area (Å²) in [5, 5.41) is 8.94. The molecular formula is C10H10F4O. The molecule has 0 bridgehead atoms. The van der Waals surface area contributed by atoms with Crippen LogP contribution in [0.25, 0.3) is 0 Å². The standard InChI is InChI=1S/C10H10F4O/c1-5-3-6(2)8(7(11)4-5)9(15)10(12,13)14/h3-4,9,15H,1-2H3/t9-/m0/s1. The van der Waals surface area contributed by atoms with Gasteiger partial charge < -0.3 is 5.11 Å². The minimum absolute atomic E-state index is 0.0947. The summed E-state index contributed by atoms with van der Waals surface area (Å²) in [6.45, 7) is 2.90. The monoisotopic (exact) mass is 222 g/mol. The number of hydrogen-bond donors (Lipinski definition) is 1. The zero-order valence-electron chi connectivity index (χ0n) is 8.19. The highest BCUT2D eigenvalue weighted by molar-refractivity contribution is 5.34. The van der Waals surface area contributed by atoms with Gasteiger partial charge >= 0.3 is 6.18 Å². The SMILES string of the molecule is Cc1cc(C)c([C@H](O)C(F)(F)F)c(F)c1. The quantitative estimate of drug-likeness (QED) is 0.724. The van der Waals surface area contributed by atoms with Gasteiger partial charge in [-0.3, -0.25) is 0 Å². The van der Waals surface area contributed by atoms with Gasteiger partial charge in [0.25, 0.3) is 0 Å². The first-order chi connectivity index (χ1) is 6.73. The molecule has 0 unspecified atom stereocenters. The Hall–Kier alpha value is -1.10. The Bertz CT molecular complexity index is 347. The maximum absolute atomic E-state index is 13.2. The third-order valence-electron chi connectivity index (χ3n) is 2.06. The summed E-state index contributed by atoms with van der Waals surface area (Å²) in [5.41, 5.74) is -0.0893. The van der Waals surface area contributed by atoms with Gasteiger partial charge in [0, 0.05) is 5.56 Å². The molecule has 1 nitrogen and oxygen atoms in total. The maximum Gasteiger partial charge on any atom is 0.418 e. The lowest BCUT2D eigenvalue weighted by atomic mass is 10.00. The molecule has 0 amide bonds. The maximum atomic E-state index is 13.2. The van der Waals surface area contributed by atoms with E-state index < -0.39 is 23.7 Å². The van der Waals surface area contributed by atoms with Crippen LogP contribution >= 0.6 is 0 Å². The summed E-state index contributed by atoms with van der Waals surface area (Å²) in [5.74, 6) is -1.03. The van der Waals surface area contributed by atoms with E-state index in [0.29, 0.717) is 5.56 Å². The number of rotatable bonds is 1. The molecule has 1 atom stereocenters. The normalized spacial score (nSPS) is 14.1. The van der Waals surface area contributed by atoms with Crippen molar-refractivity contribution in [1.29, 1.82) is 0 Å². The minimum atomic E-state index is -4.85. The van der Waals surface area contributed by atoms with Crippen molar-refractivity contribution in [3.8, 4) is 0 Å². The van der Waals surface area contributed by atoms with Crippen LogP contribution in [0, 0.1) is 19.7 Å². The molecule has 0 heterocycles. The Morgan fingerprint density at radius 1 is 1.20 bits per heavy atom. The lowest BCUT2D eigenvalue weighted by molar-refractivity contribution is -0.207. The largest absolute Gasteiger partial charge is 0.418 e. The number of benzene rings is 1. The second-order valence-electron chi connectivity index (χ2n) is 3.42. The van der Waals surface area contributed by atoms with Crippen LogP contribution in [-0.2, 0) is 0 Å². The van der Waals surface area contributed by atoms with E-state index in [1.54, 1.807) is 6.92 Å². The molecule has 1 N–H and O–H groups in total. The van der Waals surface area contributed by atoms with Crippen LogP contribution in [0.2, 0.25) is 0 Å². The van der Waals surface area contributed by atoms with E-state index in [9.17, 15) is 17.6 Å². The first kappa shape index (κ1) is 12.0. The van der Waals surface area contributed by atoms with E-state index in [1.165, 1.54) is 13.0 Å². The molecule has 0 saturated heterocycles. The van der Waals surface area contributed by atoms with Crippen LogP contribution in [0.3, 0.4) is 0 Å². The first-order valence-corrected chi connectivity index (χ1v) is 4.25. The summed E-state index contributed by atoms with van der Waals surface area (Å²) in [7, 11) is 0. The molecule has 0 spiro atoms. The van der Waals surface area contributed by atoms with Gasteiger partial charge in [-0.1, -0.05) is 6.07 Å². The Kier molecular flexibility index (Phi) is 3.04. The van der Waals surface area contributed by atoms with Crippen molar-refractivity contribution in [2.75, 3.05) is 0 Å². The van der Waals surface area contributed by atoms with Crippen molar-refractivity contribution in [3.05, 3.63) is 34.6 Å². The zero-order valence-corrected chi connectivity index (χ0v) is 8.19. The summed E-state index contributed by atoms with van der Waals surface area (Å²) >= 11 is 0. The van der Waals surface area contributed by atoms with Crippen LogP contribution in [-0.4, -0.2) is 11.3 Å². The molecule has 0 fully saturated rings. The van der Waals surface area contributed by atoms with Crippen molar-refractivity contribution >= 4 is 0 Å². The highest BCUT2D eigenvalue weighted by Gasteiger charge is 2.41. The first-order valence-electron chi connectivity index (χ1n) is 4.25. The summed E-state index contributed by atoms with van der Waals surface area (Å²) in [6.07, 6.45) is -7.61. The number of hydrogen-bond acceptors (Lipinski definition) is 1. The van der Waals surface area contributed by atoms with E-state index in [4.69, 9.17) is 5.11 Å². The number of aliphatic hydroxyl groups is 1. The predicted octanol–water partition coefficient (Wildman–Crippen LogP) is 3.04. The Morgan fingerprint density at radius 2 is 1.73 bits per heavy atom. The Labute approximate surface area is 84.3 Å². The summed E-state index contributed by atoms with van der Waals surface area (Å²) < 4.78 is 49.8. The topological polar surface area (TPSA) is 20.2 Å². The van der Waals surface area contributed by atoms with E-state index in [1.807, 2.05) is 0 Å². The van der Waals surface area contributed by atoms with Crippen LogP contribution in [0.5, 0.6) is 0 Å². The Morgan fingerprint density at radius 3 is 2.13 bits per heavy atom. The lowest BCUT2D eigenvalue weighted by Gasteiger charge is -2.18. The summed E-state index contributed by atoms with van der Waals surface area (Å²) in [6, 6.07) is 2.37. The van der Waals surface area contributed by atoms with E-state index in [0.717, 1.165) is 6.07 Å². The molecule has 1 aromatic rings. The second-order valence-corrected chi connectivity index (χ2v) is 3.42. The van der Waals surface area contributed by atoms with Crippen LogP contribution in [0.4, 0.5) is 17.6 Å². The van der Waals surface area contributed by atoms with Gasteiger partial charge in [-0.15, -0.1) is 0 Å². The molecule has 0 aliphatic heterocycles. The van der Waals surface area contributed by atoms with Crippen LogP contribution in [0.1, 0.15) is 22.8 Å². The van der Waals surface area contributed by atoms with Crippen molar-refractivity contribution in [1.82, 2.24) is 0 Å². The fourth-order valence-electron chi connectivity index (χ4n) is 1.44. The van der Waals surface area contributed by atoms with E-state index >= 15 is 0 Å². The van der Waals surface area contributed by atoms with Gasteiger partial charge in [-0.05, 0) is 31.0 Å². The van der Waals surface area contributed by atoms with Crippen molar-refractivity contribution < 1.29 is 22.7 Å². The molecule has 0 radical (unpaired) electrons. The van der Waals surface area contributed by atoms with E-state index in [2.05, 4.69) is 0 Å². The van der Waals surface area contributed by atoms with Crippen molar-refractivity contribution in [2.45, 2.75) is 26.1 Å². The number of halogens is 4.